The van der Waals surface area contributed by atoms with Crippen molar-refractivity contribution < 1.29 is 4.53 Å². The number of rotatable bonds is 3. The van der Waals surface area contributed by atoms with Crippen LogP contribution in [0.15, 0.2) is 35.5 Å². The van der Waals surface area contributed by atoms with Crippen molar-refractivity contribution >= 4 is 14.5 Å². The second-order valence-corrected chi connectivity index (χ2v) is 8.26. The van der Waals surface area contributed by atoms with Crippen LogP contribution in [0.2, 0.25) is 19.6 Å². The van der Waals surface area contributed by atoms with Crippen LogP contribution in [0.4, 0.5) is 0 Å². The molecule has 13 heavy (non-hydrogen) atoms. The molecule has 0 saturated carbocycles. The molecule has 1 aromatic rings. The van der Waals surface area contributed by atoms with Crippen molar-refractivity contribution in [2.45, 2.75) is 19.6 Å². The Bertz CT molecular complexity index is 277. The van der Waals surface area contributed by atoms with Crippen LogP contribution in [0.1, 0.15) is 5.56 Å². The molecule has 70 valence electrons. The Labute approximate surface area is 80.4 Å². The van der Waals surface area contributed by atoms with E-state index in [9.17, 15) is 0 Å². The minimum atomic E-state index is -1.51. The van der Waals surface area contributed by atoms with Gasteiger partial charge >= 0.3 is 0 Å². The molecule has 0 N–H and O–H groups in total. The third kappa shape index (κ3) is 4.47. The van der Waals surface area contributed by atoms with E-state index in [1.54, 1.807) is 6.21 Å². The highest BCUT2D eigenvalue weighted by atomic mass is 28.4. The fourth-order valence-electron chi connectivity index (χ4n) is 0.784. The van der Waals surface area contributed by atoms with Crippen molar-refractivity contribution in [3.8, 4) is 0 Å². The van der Waals surface area contributed by atoms with E-state index < -0.39 is 8.32 Å². The standard InChI is InChI=1S/C10H15NOSi/c1-13(2,3)12-11-9-10-7-5-4-6-8-10/h4-9H,1-3H3. The van der Waals surface area contributed by atoms with Crippen molar-refractivity contribution in [2.75, 3.05) is 0 Å². The van der Waals surface area contributed by atoms with Crippen LogP contribution in [0.5, 0.6) is 0 Å². The van der Waals surface area contributed by atoms with Crippen molar-refractivity contribution in [1.29, 1.82) is 0 Å². The SMILES string of the molecule is C[Si](C)(C)ON=Cc1ccccc1. The highest BCUT2D eigenvalue weighted by molar-refractivity contribution is 6.69. The van der Waals surface area contributed by atoms with Crippen molar-refractivity contribution in [2.24, 2.45) is 5.16 Å². The first-order valence-electron chi connectivity index (χ1n) is 4.34. The topological polar surface area (TPSA) is 21.6 Å². The molecule has 0 aliphatic heterocycles. The first-order valence-corrected chi connectivity index (χ1v) is 7.75. The van der Waals surface area contributed by atoms with Gasteiger partial charge in [-0.15, -0.1) is 5.16 Å². The molecular formula is C10H15NOSi. The average molecular weight is 193 g/mol. The summed E-state index contributed by atoms with van der Waals surface area (Å²) in [6, 6.07) is 9.94. The molecule has 0 saturated heterocycles. The maximum absolute atomic E-state index is 5.34. The van der Waals surface area contributed by atoms with Crippen LogP contribution in [0, 0.1) is 0 Å². The van der Waals surface area contributed by atoms with Gasteiger partial charge in [0, 0.05) is 0 Å². The summed E-state index contributed by atoms with van der Waals surface area (Å²) in [5.41, 5.74) is 1.07. The van der Waals surface area contributed by atoms with Gasteiger partial charge in [-0.25, -0.2) is 0 Å². The summed E-state index contributed by atoms with van der Waals surface area (Å²) in [4.78, 5) is 0. The molecule has 0 radical (unpaired) electrons. The summed E-state index contributed by atoms with van der Waals surface area (Å²) in [5.74, 6) is 0. The fraction of sp³-hybridized carbons (Fsp3) is 0.300. The van der Waals surface area contributed by atoms with Gasteiger partial charge in [-0.2, -0.15) is 0 Å². The van der Waals surface area contributed by atoms with E-state index in [1.165, 1.54) is 0 Å². The Hall–Kier alpha value is -1.09. The molecule has 0 fully saturated rings. The van der Waals surface area contributed by atoms with Crippen LogP contribution in [-0.2, 0) is 4.53 Å². The second kappa shape index (κ2) is 4.23. The molecule has 0 spiro atoms. The van der Waals surface area contributed by atoms with Gasteiger partial charge in [0.25, 0.3) is 8.32 Å². The van der Waals surface area contributed by atoms with Gasteiger partial charge < -0.3 is 4.53 Å². The van der Waals surface area contributed by atoms with Crippen LogP contribution in [0.25, 0.3) is 0 Å². The molecule has 2 nitrogen and oxygen atoms in total. The molecule has 1 aromatic carbocycles. The molecule has 0 unspecified atom stereocenters. The smallest absolute Gasteiger partial charge is 0.278 e. The predicted molar refractivity (Wildman–Crippen MR) is 58.5 cm³/mol. The first-order chi connectivity index (χ1) is 6.08. The Morgan fingerprint density at radius 2 is 1.77 bits per heavy atom. The van der Waals surface area contributed by atoms with Gasteiger partial charge in [0.15, 0.2) is 0 Å². The van der Waals surface area contributed by atoms with E-state index in [0.717, 1.165) is 5.56 Å². The molecule has 0 amide bonds. The normalized spacial score (nSPS) is 11.9. The van der Waals surface area contributed by atoms with E-state index in [4.69, 9.17) is 4.53 Å². The predicted octanol–water partition coefficient (Wildman–Crippen LogP) is 2.87. The van der Waals surface area contributed by atoms with Crippen LogP contribution >= 0.6 is 0 Å². The monoisotopic (exact) mass is 193 g/mol. The lowest BCUT2D eigenvalue weighted by Crippen LogP contribution is -2.22. The van der Waals surface area contributed by atoms with Crippen LogP contribution in [-0.4, -0.2) is 14.5 Å². The number of nitrogens with zero attached hydrogens (tertiary/aromatic N) is 1. The minimum Gasteiger partial charge on any atom is -0.456 e. The molecular weight excluding hydrogens is 178 g/mol. The summed E-state index contributed by atoms with van der Waals surface area (Å²) in [7, 11) is -1.51. The van der Waals surface area contributed by atoms with Crippen molar-refractivity contribution in [3.63, 3.8) is 0 Å². The van der Waals surface area contributed by atoms with E-state index in [1.807, 2.05) is 30.3 Å². The van der Waals surface area contributed by atoms with Gasteiger partial charge in [-0.05, 0) is 25.2 Å². The summed E-state index contributed by atoms with van der Waals surface area (Å²) in [6.45, 7) is 6.32. The Kier molecular flexibility index (Phi) is 3.25. The molecule has 0 aromatic heterocycles. The first kappa shape index (κ1) is 9.99. The third-order valence-corrected chi connectivity index (χ3v) is 1.98. The van der Waals surface area contributed by atoms with Gasteiger partial charge in [-0.3, -0.25) is 0 Å². The quantitative estimate of drug-likeness (QED) is 0.411. The van der Waals surface area contributed by atoms with E-state index in [0.29, 0.717) is 0 Å². The van der Waals surface area contributed by atoms with Gasteiger partial charge in [0.1, 0.15) is 0 Å². The van der Waals surface area contributed by atoms with Gasteiger partial charge in [-0.1, -0.05) is 30.3 Å². The van der Waals surface area contributed by atoms with Crippen molar-refractivity contribution in [1.82, 2.24) is 0 Å². The van der Waals surface area contributed by atoms with Crippen molar-refractivity contribution in [3.05, 3.63) is 35.9 Å². The Morgan fingerprint density at radius 3 is 2.31 bits per heavy atom. The Morgan fingerprint density at radius 1 is 1.15 bits per heavy atom. The summed E-state index contributed by atoms with van der Waals surface area (Å²) >= 11 is 0. The molecule has 1 rings (SSSR count). The number of oxime groups is 1. The highest BCUT2D eigenvalue weighted by Crippen LogP contribution is 2.02. The van der Waals surface area contributed by atoms with Gasteiger partial charge in [0.2, 0.25) is 0 Å². The molecule has 3 heteroatoms. The van der Waals surface area contributed by atoms with E-state index in [2.05, 4.69) is 24.8 Å². The summed E-state index contributed by atoms with van der Waals surface area (Å²) in [6.07, 6.45) is 1.75. The maximum atomic E-state index is 5.34. The minimum absolute atomic E-state index is 1.07. The maximum Gasteiger partial charge on any atom is 0.278 e. The molecule has 0 heterocycles. The average Bonchev–Trinajstić information content (AvgIpc) is 2.04. The zero-order valence-corrected chi connectivity index (χ0v) is 9.32. The lowest BCUT2D eigenvalue weighted by molar-refractivity contribution is 0.338. The molecule has 0 atom stereocenters. The fourth-order valence-corrected chi connectivity index (χ4v) is 1.15. The summed E-state index contributed by atoms with van der Waals surface area (Å²) in [5, 5.41) is 3.95. The zero-order valence-electron chi connectivity index (χ0n) is 8.32. The van der Waals surface area contributed by atoms with Crippen LogP contribution < -0.4 is 0 Å². The zero-order chi connectivity index (χ0) is 9.73. The third-order valence-electron chi connectivity index (χ3n) is 1.33. The lowest BCUT2D eigenvalue weighted by atomic mass is 10.2. The number of hydrogen-bond acceptors (Lipinski definition) is 2. The number of benzene rings is 1. The van der Waals surface area contributed by atoms with Gasteiger partial charge in [0.05, 0.1) is 6.21 Å². The Balaban J connectivity index is 2.51. The molecule has 0 aliphatic carbocycles. The van der Waals surface area contributed by atoms with E-state index >= 15 is 0 Å². The lowest BCUT2D eigenvalue weighted by Gasteiger charge is -2.11. The summed E-state index contributed by atoms with van der Waals surface area (Å²) < 4.78 is 5.34. The second-order valence-electron chi connectivity index (χ2n) is 3.85. The number of hydrogen-bond donors (Lipinski definition) is 0. The molecule has 0 bridgehead atoms. The molecule has 0 aliphatic rings. The largest absolute Gasteiger partial charge is 0.456 e. The highest BCUT2D eigenvalue weighted by Gasteiger charge is 2.14. The van der Waals surface area contributed by atoms with E-state index in [-0.39, 0.29) is 0 Å². The van der Waals surface area contributed by atoms with Crippen LogP contribution in [0.3, 0.4) is 0 Å².